The second kappa shape index (κ2) is 8.28. The maximum absolute atomic E-state index is 12.5. The minimum Gasteiger partial charge on any atom is -0.467 e. The molecule has 28 heavy (non-hydrogen) atoms. The number of hydrogen-bond donors (Lipinski definition) is 0. The van der Waals surface area contributed by atoms with E-state index in [-0.39, 0.29) is 5.56 Å². The van der Waals surface area contributed by atoms with Gasteiger partial charge in [0.05, 0.1) is 0 Å². The van der Waals surface area contributed by atoms with Gasteiger partial charge in [-0.1, -0.05) is 18.2 Å². The number of para-hydroxylation sites is 1. The minimum atomic E-state index is -4.57. The number of ether oxygens (including phenoxy) is 2. The Morgan fingerprint density at radius 1 is 1.14 bits per heavy atom. The summed E-state index contributed by atoms with van der Waals surface area (Å²) >= 11 is 0. The summed E-state index contributed by atoms with van der Waals surface area (Å²) in [5.74, 6) is -1.90. The van der Waals surface area contributed by atoms with Gasteiger partial charge in [0.25, 0.3) is 5.91 Å². The molecule has 1 aliphatic rings. The fourth-order valence-electron chi connectivity index (χ4n) is 2.89. The van der Waals surface area contributed by atoms with Gasteiger partial charge in [0.2, 0.25) is 5.88 Å². The van der Waals surface area contributed by atoms with Crippen LogP contribution in [0.4, 0.5) is 18.9 Å². The molecule has 6 nitrogen and oxygen atoms in total. The maximum atomic E-state index is 12.5. The molecule has 2 aromatic rings. The summed E-state index contributed by atoms with van der Waals surface area (Å²) in [4.78, 5) is 29.9. The Kier molecular flexibility index (Phi) is 5.81. The molecule has 0 N–H and O–H groups in total. The molecule has 0 aliphatic carbocycles. The lowest BCUT2D eigenvalue weighted by Gasteiger charge is -2.29. The van der Waals surface area contributed by atoms with Crippen LogP contribution in [0.15, 0.2) is 42.6 Å². The fourth-order valence-corrected chi connectivity index (χ4v) is 2.89. The average Bonchev–Trinajstić information content (AvgIpc) is 2.69. The van der Waals surface area contributed by atoms with Gasteiger partial charge in [-0.15, -0.1) is 0 Å². The van der Waals surface area contributed by atoms with Gasteiger partial charge >= 0.3 is 12.1 Å². The summed E-state index contributed by atoms with van der Waals surface area (Å²) in [7, 11) is 0. The fraction of sp³-hybridized carbons (Fsp3) is 0.316. The van der Waals surface area contributed by atoms with Crippen LogP contribution in [-0.2, 0) is 16.0 Å². The SMILES string of the molecule is O=C(OCC(=O)N1CCCc2ccccc21)c1cccnc1OCC(F)(F)F. The van der Waals surface area contributed by atoms with E-state index in [0.29, 0.717) is 6.54 Å². The molecule has 1 aliphatic heterocycles. The summed E-state index contributed by atoms with van der Waals surface area (Å²) in [6.45, 7) is -1.63. The van der Waals surface area contributed by atoms with Crippen molar-refractivity contribution in [1.82, 2.24) is 4.98 Å². The number of rotatable bonds is 5. The molecular weight excluding hydrogens is 377 g/mol. The van der Waals surface area contributed by atoms with Crippen LogP contribution < -0.4 is 9.64 Å². The highest BCUT2D eigenvalue weighted by atomic mass is 19.4. The van der Waals surface area contributed by atoms with E-state index in [2.05, 4.69) is 9.72 Å². The Balaban J connectivity index is 1.64. The predicted molar refractivity (Wildman–Crippen MR) is 93.2 cm³/mol. The van der Waals surface area contributed by atoms with Crippen LogP contribution in [0.1, 0.15) is 22.3 Å². The monoisotopic (exact) mass is 394 g/mol. The molecular formula is C19H17F3N2O4. The van der Waals surface area contributed by atoms with Crippen LogP contribution >= 0.6 is 0 Å². The standard InChI is InChI=1S/C19H17F3N2O4/c20-19(21,22)12-28-17-14(7-3-9-23-17)18(26)27-11-16(25)24-10-4-6-13-5-1-2-8-15(13)24/h1-3,5,7-9H,4,6,10-12H2. The molecule has 0 fully saturated rings. The third kappa shape index (κ3) is 4.79. The van der Waals surface area contributed by atoms with Crippen molar-refractivity contribution in [2.75, 3.05) is 24.7 Å². The van der Waals surface area contributed by atoms with Crippen molar-refractivity contribution in [3.05, 3.63) is 53.7 Å². The van der Waals surface area contributed by atoms with Gasteiger partial charge in [0.1, 0.15) is 5.56 Å². The molecule has 148 valence electrons. The number of hydrogen-bond acceptors (Lipinski definition) is 5. The number of fused-ring (bicyclic) bond motifs is 1. The molecule has 0 unspecified atom stereocenters. The number of esters is 1. The first-order chi connectivity index (χ1) is 13.3. The van der Waals surface area contributed by atoms with E-state index in [1.54, 1.807) is 0 Å². The number of benzene rings is 1. The van der Waals surface area contributed by atoms with Crippen molar-refractivity contribution >= 4 is 17.6 Å². The van der Waals surface area contributed by atoms with Crippen molar-refractivity contribution in [1.29, 1.82) is 0 Å². The lowest BCUT2D eigenvalue weighted by atomic mass is 10.0. The van der Waals surface area contributed by atoms with Crippen LogP contribution in [-0.4, -0.2) is 42.8 Å². The maximum Gasteiger partial charge on any atom is 0.422 e. The van der Waals surface area contributed by atoms with Crippen molar-refractivity contribution in [3.63, 3.8) is 0 Å². The van der Waals surface area contributed by atoms with Crippen LogP contribution in [0.2, 0.25) is 0 Å². The van der Waals surface area contributed by atoms with E-state index in [1.807, 2.05) is 24.3 Å². The zero-order chi connectivity index (χ0) is 20.1. The van der Waals surface area contributed by atoms with Gasteiger partial charge in [-0.2, -0.15) is 13.2 Å². The van der Waals surface area contributed by atoms with Gasteiger partial charge in [-0.25, -0.2) is 9.78 Å². The smallest absolute Gasteiger partial charge is 0.422 e. The Labute approximate surface area is 158 Å². The van der Waals surface area contributed by atoms with E-state index in [9.17, 15) is 22.8 Å². The first-order valence-corrected chi connectivity index (χ1v) is 8.55. The first-order valence-electron chi connectivity index (χ1n) is 8.55. The van der Waals surface area contributed by atoms with Crippen molar-refractivity contribution < 1.29 is 32.2 Å². The van der Waals surface area contributed by atoms with Crippen LogP contribution in [0, 0.1) is 0 Å². The Hall–Kier alpha value is -3.10. The highest BCUT2D eigenvalue weighted by Crippen LogP contribution is 2.27. The summed E-state index contributed by atoms with van der Waals surface area (Å²) in [6, 6.07) is 10.0. The highest BCUT2D eigenvalue weighted by molar-refractivity contribution is 5.98. The molecule has 1 aromatic carbocycles. The van der Waals surface area contributed by atoms with Crippen LogP contribution in [0.3, 0.4) is 0 Å². The third-order valence-electron chi connectivity index (χ3n) is 4.10. The molecule has 0 radical (unpaired) electrons. The number of aromatic nitrogens is 1. The first kappa shape index (κ1) is 19.7. The second-order valence-electron chi connectivity index (χ2n) is 6.11. The van der Waals surface area contributed by atoms with Gasteiger partial charge in [0, 0.05) is 18.4 Å². The normalized spacial score (nSPS) is 13.6. The quantitative estimate of drug-likeness (QED) is 0.729. The molecule has 3 rings (SSSR count). The largest absolute Gasteiger partial charge is 0.467 e. The summed E-state index contributed by atoms with van der Waals surface area (Å²) in [6.07, 6.45) is -1.74. The molecule has 0 saturated heterocycles. The summed E-state index contributed by atoms with van der Waals surface area (Å²) < 4.78 is 46.6. The van der Waals surface area contributed by atoms with E-state index >= 15 is 0 Å². The number of alkyl halides is 3. The average molecular weight is 394 g/mol. The van der Waals surface area contributed by atoms with E-state index in [0.717, 1.165) is 24.1 Å². The lowest BCUT2D eigenvalue weighted by Crippen LogP contribution is -2.38. The van der Waals surface area contributed by atoms with E-state index < -0.39 is 37.1 Å². The summed E-state index contributed by atoms with van der Waals surface area (Å²) in [5, 5.41) is 0. The third-order valence-corrected chi connectivity index (χ3v) is 4.10. The molecule has 0 atom stereocenters. The van der Waals surface area contributed by atoms with Crippen molar-refractivity contribution in [3.8, 4) is 5.88 Å². The molecule has 1 aromatic heterocycles. The van der Waals surface area contributed by atoms with Gasteiger partial charge in [-0.3, -0.25) is 4.79 Å². The molecule has 9 heteroatoms. The highest BCUT2D eigenvalue weighted by Gasteiger charge is 2.30. The number of carbonyl (C=O) groups is 2. The molecule has 2 heterocycles. The Bertz CT molecular complexity index is 870. The summed E-state index contributed by atoms with van der Waals surface area (Å²) in [5.41, 5.74) is 1.52. The number of nitrogens with zero attached hydrogens (tertiary/aromatic N) is 2. The zero-order valence-corrected chi connectivity index (χ0v) is 14.7. The van der Waals surface area contributed by atoms with Gasteiger partial charge in [0.15, 0.2) is 13.2 Å². The zero-order valence-electron chi connectivity index (χ0n) is 14.7. The van der Waals surface area contributed by atoms with Crippen molar-refractivity contribution in [2.45, 2.75) is 19.0 Å². The molecule has 0 bridgehead atoms. The number of anilines is 1. The topological polar surface area (TPSA) is 68.7 Å². The van der Waals surface area contributed by atoms with Crippen LogP contribution in [0.25, 0.3) is 0 Å². The number of aryl methyl sites for hydroxylation is 1. The minimum absolute atomic E-state index is 0.279. The lowest BCUT2D eigenvalue weighted by molar-refractivity contribution is -0.154. The molecule has 0 saturated carbocycles. The Morgan fingerprint density at radius 3 is 2.71 bits per heavy atom. The molecule has 0 spiro atoms. The van der Waals surface area contributed by atoms with E-state index in [1.165, 1.54) is 23.2 Å². The second-order valence-corrected chi connectivity index (χ2v) is 6.11. The number of carbonyl (C=O) groups excluding carboxylic acids is 2. The van der Waals surface area contributed by atoms with E-state index in [4.69, 9.17) is 4.74 Å². The van der Waals surface area contributed by atoms with Crippen molar-refractivity contribution in [2.24, 2.45) is 0 Å². The number of amides is 1. The molecule has 1 amide bonds. The Morgan fingerprint density at radius 2 is 1.93 bits per heavy atom. The number of pyridine rings is 1. The predicted octanol–water partition coefficient (Wildman–Crippen LogP) is 3.16. The van der Waals surface area contributed by atoms with Gasteiger partial charge in [-0.05, 0) is 36.6 Å². The van der Waals surface area contributed by atoms with Crippen LogP contribution in [0.5, 0.6) is 5.88 Å². The number of halogens is 3. The van der Waals surface area contributed by atoms with Gasteiger partial charge < -0.3 is 14.4 Å².